The minimum Gasteiger partial charge on any atom is -0.454 e. The smallest absolute Gasteiger partial charge is 0.253 e. The van der Waals surface area contributed by atoms with Crippen LogP contribution in [0, 0.1) is 0 Å². The van der Waals surface area contributed by atoms with Gasteiger partial charge in [-0.05, 0) is 41.8 Å². The standard InChI is InChI=1S/C24H27N3O4/c28-23-5-2-8-27(23)16-18-3-1-4-20(13-18)24(29)26-11-9-25(10-12-26)15-19-6-7-21-22(14-19)31-17-30-21/h1,3-4,6-7,13-14H,2,5,8-12,15-17H2. The summed E-state index contributed by atoms with van der Waals surface area (Å²) in [6.07, 6.45) is 1.56. The number of piperazine rings is 1. The highest BCUT2D eigenvalue weighted by atomic mass is 16.7. The van der Waals surface area contributed by atoms with Gasteiger partial charge in [0.05, 0.1) is 0 Å². The van der Waals surface area contributed by atoms with Crippen LogP contribution in [-0.2, 0) is 17.9 Å². The Morgan fingerprint density at radius 1 is 0.871 bits per heavy atom. The highest BCUT2D eigenvalue weighted by Gasteiger charge is 2.24. The van der Waals surface area contributed by atoms with Gasteiger partial charge in [-0.1, -0.05) is 18.2 Å². The molecule has 2 aromatic rings. The van der Waals surface area contributed by atoms with E-state index in [1.807, 2.05) is 46.2 Å². The van der Waals surface area contributed by atoms with Gasteiger partial charge in [0, 0.05) is 57.8 Å². The van der Waals surface area contributed by atoms with Crippen LogP contribution in [0.3, 0.4) is 0 Å². The van der Waals surface area contributed by atoms with Gasteiger partial charge < -0.3 is 19.3 Å². The van der Waals surface area contributed by atoms with E-state index in [0.29, 0.717) is 31.6 Å². The molecule has 31 heavy (non-hydrogen) atoms. The minimum absolute atomic E-state index is 0.0670. The normalized spacial score (nSPS) is 18.6. The molecular weight excluding hydrogens is 394 g/mol. The second kappa shape index (κ2) is 8.59. The average Bonchev–Trinajstić information content (AvgIpc) is 3.42. The first-order valence-corrected chi connectivity index (χ1v) is 10.9. The van der Waals surface area contributed by atoms with Crippen LogP contribution in [-0.4, -0.2) is 66.0 Å². The first-order chi connectivity index (χ1) is 15.2. The maximum Gasteiger partial charge on any atom is 0.253 e. The molecule has 7 heteroatoms. The third-order valence-electron chi connectivity index (χ3n) is 6.22. The summed E-state index contributed by atoms with van der Waals surface area (Å²) in [5, 5.41) is 0. The van der Waals surface area contributed by atoms with E-state index in [0.717, 1.165) is 49.7 Å². The predicted molar refractivity (Wildman–Crippen MR) is 115 cm³/mol. The fraction of sp³-hybridized carbons (Fsp3) is 0.417. The Hall–Kier alpha value is -3.06. The van der Waals surface area contributed by atoms with Crippen LogP contribution >= 0.6 is 0 Å². The van der Waals surface area contributed by atoms with Gasteiger partial charge in [-0.2, -0.15) is 0 Å². The molecule has 0 N–H and O–H groups in total. The van der Waals surface area contributed by atoms with Gasteiger partial charge in [0.15, 0.2) is 11.5 Å². The summed E-state index contributed by atoms with van der Waals surface area (Å²) in [5.74, 6) is 1.88. The molecule has 3 heterocycles. The summed E-state index contributed by atoms with van der Waals surface area (Å²) < 4.78 is 10.8. The Balaban J connectivity index is 1.16. The zero-order valence-electron chi connectivity index (χ0n) is 17.6. The van der Waals surface area contributed by atoms with E-state index in [4.69, 9.17) is 9.47 Å². The summed E-state index contributed by atoms with van der Waals surface area (Å²) in [6, 6.07) is 13.8. The molecule has 0 aliphatic carbocycles. The molecule has 0 atom stereocenters. The second-order valence-electron chi connectivity index (χ2n) is 8.38. The molecule has 0 saturated carbocycles. The van der Waals surface area contributed by atoms with Crippen molar-refractivity contribution >= 4 is 11.8 Å². The van der Waals surface area contributed by atoms with Crippen LogP contribution in [0.1, 0.15) is 34.3 Å². The third-order valence-corrected chi connectivity index (χ3v) is 6.22. The van der Waals surface area contributed by atoms with Gasteiger partial charge in [0.1, 0.15) is 0 Å². The molecule has 3 aliphatic rings. The summed E-state index contributed by atoms with van der Waals surface area (Å²) in [7, 11) is 0. The quantitative estimate of drug-likeness (QED) is 0.742. The lowest BCUT2D eigenvalue weighted by Crippen LogP contribution is -2.48. The molecule has 2 amide bonds. The number of benzene rings is 2. The lowest BCUT2D eigenvalue weighted by atomic mass is 10.1. The van der Waals surface area contributed by atoms with E-state index in [-0.39, 0.29) is 18.6 Å². The Kier molecular flexibility index (Phi) is 5.51. The Morgan fingerprint density at radius 3 is 2.48 bits per heavy atom. The molecule has 2 fully saturated rings. The van der Waals surface area contributed by atoms with E-state index in [2.05, 4.69) is 11.0 Å². The number of fused-ring (bicyclic) bond motifs is 1. The SMILES string of the molecule is O=C1CCCN1Cc1cccc(C(=O)N2CCN(Cc3ccc4c(c3)OCO4)CC2)c1. The molecule has 2 saturated heterocycles. The Bertz CT molecular complexity index is 985. The number of nitrogens with zero attached hydrogens (tertiary/aromatic N) is 3. The van der Waals surface area contributed by atoms with Crippen LogP contribution in [0.4, 0.5) is 0 Å². The Morgan fingerprint density at radius 2 is 1.68 bits per heavy atom. The molecule has 5 rings (SSSR count). The zero-order chi connectivity index (χ0) is 21.2. The van der Waals surface area contributed by atoms with E-state index in [9.17, 15) is 9.59 Å². The Labute approximate surface area is 182 Å². The molecule has 0 bridgehead atoms. The third kappa shape index (κ3) is 4.37. The van der Waals surface area contributed by atoms with Crippen molar-refractivity contribution < 1.29 is 19.1 Å². The number of hydrogen-bond donors (Lipinski definition) is 0. The van der Waals surface area contributed by atoms with Crippen molar-refractivity contribution in [2.24, 2.45) is 0 Å². The van der Waals surface area contributed by atoms with Gasteiger partial charge in [0.25, 0.3) is 5.91 Å². The number of rotatable bonds is 5. The molecule has 2 aromatic carbocycles. The monoisotopic (exact) mass is 421 g/mol. The lowest BCUT2D eigenvalue weighted by Gasteiger charge is -2.35. The number of hydrogen-bond acceptors (Lipinski definition) is 5. The average molecular weight is 421 g/mol. The second-order valence-corrected chi connectivity index (χ2v) is 8.38. The maximum absolute atomic E-state index is 13.0. The number of ether oxygens (including phenoxy) is 2. The van der Waals surface area contributed by atoms with Crippen molar-refractivity contribution in [1.82, 2.24) is 14.7 Å². The molecule has 7 nitrogen and oxygen atoms in total. The first kappa shape index (κ1) is 19.9. The highest BCUT2D eigenvalue weighted by Crippen LogP contribution is 2.32. The van der Waals surface area contributed by atoms with E-state index >= 15 is 0 Å². The fourth-order valence-corrected chi connectivity index (χ4v) is 4.48. The molecule has 0 aromatic heterocycles. The van der Waals surface area contributed by atoms with Crippen LogP contribution in [0.25, 0.3) is 0 Å². The number of carbonyl (C=O) groups is 2. The molecular formula is C24H27N3O4. The van der Waals surface area contributed by atoms with Crippen LogP contribution in [0.15, 0.2) is 42.5 Å². The summed E-state index contributed by atoms with van der Waals surface area (Å²) in [5.41, 5.74) is 2.91. The topological polar surface area (TPSA) is 62.3 Å². The molecule has 0 spiro atoms. The molecule has 3 aliphatic heterocycles. The zero-order valence-corrected chi connectivity index (χ0v) is 17.6. The minimum atomic E-state index is 0.0670. The van der Waals surface area contributed by atoms with Crippen LogP contribution in [0.2, 0.25) is 0 Å². The van der Waals surface area contributed by atoms with Gasteiger partial charge in [-0.3, -0.25) is 14.5 Å². The number of amides is 2. The van der Waals surface area contributed by atoms with Gasteiger partial charge in [-0.25, -0.2) is 0 Å². The van der Waals surface area contributed by atoms with Crippen molar-refractivity contribution in [2.45, 2.75) is 25.9 Å². The molecule has 162 valence electrons. The number of likely N-dealkylation sites (tertiary alicyclic amines) is 1. The van der Waals surface area contributed by atoms with Crippen molar-refractivity contribution in [3.05, 3.63) is 59.2 Å². The lowest BCUT2D eigenvalue weighted by molar-refractivity contribution is -0.128. The van der Waals surface area contributed by atoms with Gasteiger partial charge in [0.2, 0.25) is 12.7 Å². The predicted octanol–water partition coefficient (Wildman–Crippen LogP) is 2.50. The summed E-state index contributed by atoms with van der Waals surface area (Å²) >= 11 is 0. The van der Waals surface area contributed by atoms with Crippen molar-refractivity contribution in [1.29, 1.82) is 0 Å². The van der Waals surface area contributed by atoms with Crippen molar-refractivity contribution in [2.75, 3.05) is 39.5 Å². The maximum atomic E-state index is 13.0. The van der Waals surface area contributed by atoms with Gasteiger partial charge >= 0.3 is 0 Å². The number of carbonyl (C=O) groups excluding carboxylic acids is 2. The molecule has 0 radical (unpaired) electrons. The van der Waals surface area contributed by atoms with Crippen LogP contribution < -0.4 is 9.47 Å². The summed E-state index contributed by atoms with van der Waals surface area (Å²) in [4.78, 5) is 31.1. The van der Waals surface area contributed by atoms with Gasteiger partial charge in [-0.15, -0.1) is 0 Å². The van der Waals surface area contributed by atoms with Crippen LogP contribution in [0.5, 0.6) is 11.5 Å². The highest BCUT2D eigenvalue weighted by molar-refractivity contribution is 5.94. The van der Waals surface area contributed by atoms with E-state index in [1.165, 1.54) is 5.56 Å². The van der Waals surface area contributed by atoms with Crippen molar-refractivity contribution in [3.63, 3.8) is 0 Å². The fourth-order valence-electron chi connectivity index (χ4n) is 4.48. The van der Waals surface area contributed by atoms with E-state index in [1.54, 1.807) is 0 Å². The van der Waals surface area contributed by atoms with E-state index < -0.39 is 0 Å². The van der Waals surface area contributed by atoms with Crippen molar-refractivity contribution in [3.8, 4) is 11.5 Å². The largest absolute Gasteiger partial charge is 0.454 e. The summed E-state index contributed by atoms with van der Waals surface area (Å²) in [6.45, 7) is 5.60. The first-order valence-electron chi connectivity index (χ1n) is 10.9. The molecule has 0 unspecified atom stereocenters.